The van der Waals surface area contributed by atoms with Crippen molar-refractivity contribution in [2.45, 2.75) is 32.2 Å². The van der Waals surface area contributed by atoms with Crippen LogP contribution in [0, 0.1) is 0 Å². The number of carbonyl (C=O) groups is 1. The maximum absolute atomic E-state index is 12.7. The van der Waals surface area contributed by atoms with Gasteiger partial charge in [-0.05, 0) is 36.2 Å². The van der Waals surface area contributed by atoms with E-state index in [0.717, 1.165) is 27.8 Å². The molecule has 4 rings (SSSR count). The van der Waals surface area contributed by atoms with Gasteiger partial charge in [-0.1, -0.05) is 30.3 Å². The third-order valence-electron chi connectivity index (χ3n) is 5.63. The molecule has 0 saturated heterocycles. The molecule has 7 nitrogen and oxygen atoms in total. The number of aromatic nitrogens is 3. The first-order valence-corrected chi connectivity index (χ1v) is 10.3. The summed E-state index contributed by atoms with van der Waals surface area (Å²) in [5.74, 6) is 1.82. The van der Waals surface area contributed by atoms with Crippen molar-refractivity contribution in [3.8, 4) is 5.75 Å². The minimum absolute atomic E-state index is 0.0201. The molecular formula is C24H26N4O3. The Morgan fingerprint density at radius 2 is 1.97 bits per heavy atom. The van der Waals surface area contributed by atoms with E-state index in [1.807, 2.05) is 62.6 Å². The number of benzene rings is 2. The van der Waals surface area contributed by atoms with Crippen LogP contribution in [0.3, 0.4) is 0 Å². The fourth-order valence-corrected chi connectivity index (χ4v) is 3.63. The average molecular weight is 418 g/mol. The predicted octanol–water partition coefficient (Wildman–Crippen LogP) is 4.30. The van der Waals surface area contributed by atoms with E-state index in [4.69, 9.17) is 9.15 Å². The largest absolute Gasteiger partial charge is 0.497 e. The molecule has 1 N–H and O–H groups in total. The van der Waals surface area contributed by atoms with Crippen molar-refractivity contribution in [3.05, 3.63) is 77.6 Å². The lowest BCUT2D eigenvalue weighted by Crippen LogP contribution is -2.29. The van der Waals surface area contributed by atoms with Crippen molar-refractivity contribution in [2.75, 3.05) is 14.2 Å². The molecule has 4 aromatic rings. The number of rotatable bonds is 8. The summed E-state index contributed by atoms with van der Waals surface area (Å²) in [5, 5.41) is 9.42. The second-order valence-electron chi connectivity index (χ2n) is 7.58. The van der Waals surface area contributed by atoms with E-state index in [1.54, 1.807) is 12.0 Å². The Bertz CT molecular complexity index is 1180. The summed E-state index contributed by atoms with van der Waals surface area (Å²) in [5.41, 5.74) is 3.21. The molecule has 2 aromatic heterocycles. The highest BCUT2D eigenvalue weighted by Gasteiger charge is 2.19. The highest BCUT2D eigenvalue weighted by molar-refractivity contribution is 5.83. The van der Waals surface area contributed by atoms with Gasteiger partial charge in [-0.2, -0.15) is 0 Å². The van der Waals surface area contributed by atoms with Gasteiger partial charge in [0, 0.05) is 37.0 Å². The summed E-state index contributed by atoms with van der Waals surface area (Å²) in [6.07, 6.45) is 3.24. The van der Waals surface area contributed by atoms with Crippen molar-refractivity contribution in [1.82, 2.24) is 20.1 Å². The van der Waals surface area contributed by atoms with Crippen molar-refractivity contribution in [3.63, 3.8) is 0 Å². The summed E-state index contributed by atoms with van der Waals surface area (Å²) in [6.45, 7) is 2.00. The van der Waals surface area contributed by atoms with E-state index in [-0.39, 0.29) is 11.9 Å². The number of para-hydroxylation sites is 1. The lowest BCUT2D eigenvalue weighted by atomic mass is 10.1. The molecule has 0 aliphatic heterocycles. The molecule has 0 bridgehead atoms. The van der Waals surface area contributed by atoms with Gasteiger partial charge in [-0.3, -0.25) is 4.79 Å². The lowest BCUT2D eigenvalue weighted by Gasteiger charge is -2.25. The van der Waals surface area contributed by atoms with E-state index >= 15 is 0 Å². The summed E-state index contributed by atoms with van der Waals surface area (Å²) in [7, 11) is 3.44. The van der Waals surface area contributed by atoms with Crippen LogP contribution in [-0.2, 0) is 17.6 Å². The molecule has 160 valence electrons. The topological polar surface area (TPSA) is 84.2 Å². The zero-order chi connectivity index (χ0) is 21.8. The number of nitrogens with one attached hydrogen (secondary N) is 1. The molecule has 0 fully saturated rings. The summed E-state index contributed by atoms with van der Waals surface area (Å²) in [6, 6.07) is 15.8. The number of hydrogen-bond acceptors (Lipinski definition) is 5. The van der Waals surface area contributed by atoms with Crippen molar-refractivity contribution in [2.24, 2.45) is 0 Å². The predicted molar refractivity (Wildman–Crippen MR) is 118 cm³/mol. The second kappa shape index (κ2) is 9.04. The van der Waals surface area contributed by atoms with Gasteiger partial charge in [0.05, 0.1) is 19.6 Å². The van der Waals surface area contributed by atoms with Crippen LogP contribution < -0.4 is 4.74 Å². The summed E-state index contributed by atoms with van der Waals surface area (Å²) < 4.78 is 11.1. The van der Waals surface area contributed by atoms with Crippen LogP contribution in [0.5, 0.6) is 5.75 Å². The summed E-state index contributed by atoms with van der Waals surface area (Å²) >= 11 is 0. The molecule has 7 heteroatoms. The Hall–Kier alpha value is -3.61. The number of fused-ring (bicyclic) bond motifs is 1. The van der Waals surface area contributed by atoms with Crippen LogP contribution in [0.2, 0.25) is 0 Å². The Balaban J connectivity index is 1.35. The molecule has 0 saturated carbocycles. The molecule has 0 aliphatic rings. The van der Waals surface area contributed by atoms with Gasteiger partial charge in [0.2, 0.25) is 17.7 Å². The number of hydrogen-bond donors (Lipinski definition) is 1. The Labute approximate surface area is 181 Å². The van der Waals surface area contributed by atoms with E-state index in [1.165, 1.54) is 0 Å². The van der Waals surface area contributed by atoms with Crippen LogP contribution in [0.1, 0.15) is 42.3 Å². The van der Waals surface area contributed by atoms with Crippen LogP contribution in [0.25, 0.3) is 10.9 Å². The normalized spacial score (nSPS) is 12.1. The van der Waals surface area contributed by atoms with Gasteiger partial charge in [-0.15, -0.1) is 10.2 Å². The fraction of sp³-hybridized carbons (Fsp3) is 0.292. The number of aryl methyl sites for hydroxylation is 1. The monoisotopic (exact) mass is 418 g/mol. The zero-order valence-electron chi connectivity index (χ0n) is 18.0. The Morgan fingerprint density at radius 1 is 1.16 bits per heavy atom. The molecular weight excluding hydrogens is 392 g/mol. The van der Waals surface area contributed by atoms with Crippen molar-refractivity contribution < 1.29 is 13.9 Å². The highest BCUT2D eigenvalue weighted by atomic mass is 16.5. The minimum Gasteiger partial charge on any atom is -0.497 e. The van der Waals surface area contributed by atoms with E-state index in [2.05, 4.69) is 21.2 Å². The van der Waals surface area contributed by atoms with Gasteiger partial charge in [-0.25, -0.2) is 0 Å². The number of carbonyl (C=O) groups excluding carboxylic acids is 1. The molecule has 0 spiro atoms. The average Bonchev–Trinajstić information content (AvgIpc) is 3.43. The molecule has 0 radical (unpaired) electrons. The van der Waals surface area contributed by atoms with Crippen LogP contribution in [-0.4, -0.2) is 40.1 Å². The first-order valence-electron chi connectivity index (χ1n) is 10.3. The quantitative estimate of drug-likeness (QED) is 0.461. The van der Waals surface area contributed by atoms with Crippen molar-refractivity contribution >= 4 is 16.8 Å². The number of nitrogens with zero attached hydrogens (tertiary/aromatic N) is 3. The SMILES string of the molecule is COc1cccc(C(C)N(C)C(=O)CCc2nnc(Cc3c[nH]c4ccccc34)o2)c1. The van der Waals surface area contributed by atoms with Gasteiger partial charge < -0.3 is 19.0 Å². The molecule has 1 unspecified atom stereocenters. The Kier molecular flexibility index (Phi) is 6.02. The van der Waals surface area contributed by atoms with Crippen LogP contribution >= 0.6 is 0 Å². The fourth-order valence-electron chi connectivity index (χ4n) is 3.63. The maximum atomic E-state index is 12.7. The molecule has 1 amide bonds. The molecule has 2 heterocycles. The van der Waals surface area contributed by atoms with Gasteiger partial charge >= 0.3 is 0 Å². The van der Waals surface area contributed by atoms with Crippen LogP contribution in [0.15, 0.2) is 59.1 Å². The lowest BCUT2D eigenvalue weighted by molar-refractivity contribution is -0.131. The third-order valence-corrected chi connectivity index (χ3v) is 5.63. The van der Waals surface area contributed by atoms with Gasteiger partial charge in [0.25, 0.3) is 0 Å². The minimum atomic E-state index is -0.0669. The molecule has 31 heavy (non-hydrogen) atoms. The van der Waals surface area contributed by atoms with E-state index < -0.39 is 0 Å². The van der Waals surface area contributed by atoms with Crippen LogP contribution in [0.4, 0.5) is 0 Å². The molecule has 2 aromatic carbocycles. The number of ether oxygens (including phenoxy) is 1. The highest BCUT2D eigenvalue weighted by Crippen LogP contribution is 2.24. The van der Waals surface area contributed by atoms with E-state index in [0.29, 0.717) is 31.0 Å². The zero-order valence-corrected chi connectivity index (χ0v) is 18.0. The number of amides is 1. The summed E-state index contributed by atoms with van der Waals surface area (Å²) in [4.78, 5) is 17.7. The number of methoxy groups -OCH3 is 1. The third kappa shape index (κ3) is 4.60. The standard InChI is InChI=1S/C24H26N4O3/c1-16(17-7-6-8-19(13-17)30-3)28(2)24(29)12-11-22-26-27-23(31-22)14-18-15-25-21-10-5-4-9-20(18)21/h4-10,13,15-16,25H,11-12,14H2,1-3H3. The molecule has 0 aliphatic carbocycles. The Morgan fingerprint density at radius 3 is 2.81 bits per heavy atom. The molecule has 1 atom stereocenters. The number of H-pyrrole nitrogens is 1. The van der Waals surface area contributed by atoms with Crippen molar-refractivity contribution in [1.29, 1.82) is 0 Å². The first-order chi connectivity index (χ1) is 15.0. The van der Waals surface area contributed by atoms with Gasteiger partial charge in [0.15, 0.2) is 0 Å². The first kappa shape index (κ1) is 20.7. The second-order valence-corrected chi connectivity index (χ2v) is 7.58. The maximum Gasteiger partial charge on any atom is 0.223 e. The smallest absolute Gasteiger partial charge is 0.223 e. The van der Waals surface area contributed by atoms with Gasteiger partial charge in [0.1, 0.15) is 5.75 Å². The van der Waals surface area contributed by atoms with E-state index in [9.17, 15) is 4.79 Å². The number of aromatic amines is 1.